The number of ether oxygens (including phenoxy) is 1. The molecule has 2 heterocycles. The molecule has 2 aromatic heterocycles. The number of hydrogen-bond acceptors (Lipinski definition) is 5. The number of benzene rings is 1. The zero-order chi connectivity index (χ0) is 16.9. The van der Waals surface area contributed by atoms with Gasteiger partial charge < -0.3 is 4.74 Å². The first-order valence-corrected chi connectivity index (χ1v) is 8.36. The fourth-order valence-corrected chi connectivity index (χ4v) is 2.79. The Kier molecular flexibility index (Phi) is 4.86. The van der Waals surface area contributed by atoms with E-state index in [2.05, 4.69) is 15.3 Å². The van der Waals surface area contributed by atoms with Crippen molar-refractivity contribution in [3.8, 4) is 17.1 Å². The van der Waals surface area contributed by atoms with Crippen molar-refractivity contribution in [2.75, 3.05) is 11.9 Å². The molecule has 122 valence electrons. The predicted molar refractivity (Wildman–Crippen MR) is 95.4 cm³/mol. The van der Waals surface area contributed by atoms with E-state index in [-0.39, 0.29) is 12.5 Å². The summed E-state index contributed by atoms with van der Waals surface area (Å²) < 4.78 is 5.52. The minimum absolute atomic E-state index is 0.0546. The third-order valence-electron chi connectivity index (χ3n) is 3.53. The van der Waals surface area contributed by atoms with Crippen LogP contribution < -0.4 is 10.1 Å². The topological polar surface area (TPSA) is 64.1 Å². The zero-order valence-electron chi connectivity index (χ0n) is 13.4. The standard InChI is InChI=1S/C18H17N3O2S/c1-12-6-7-14(9-13(12)2)23-10-17(22)21-18-20-16(11-24-18)15-5-3-4-8-19-15/h3-9,11H,10H2,1-2H3,(H,20,21,22). The maximum absolute atomic E-state index is 12.0. The van der Waals surface area contributed by atoms with Gasteiger partial charge in [0, 0.05) is 11.6 Å². The molecule has 1 N–H and O–H groups in total. The highest BCUT2D eigenvalue weighted by atomic mass is 32.1. The van der Waals surface area contributed by atoms with Crippen LogP contribution in [-0.4, -0.2) is 22.5 Å². The summed E-state index contributed by atoms with van der Waals surface area (Å²) in [4.78, 5) is 20.6. The number of carbonyl (C=O) groups excluding carboxylic acids is 1. The molecule has 5 nitrogen and oxygen atoms in total. The third kappa shape index (κ3) is 3.97. The Morgan fingerprint density at radius 3 is 2.79 bits per heavy atom. The summed E-state index contributed by atoms with van der Waals surface area (Å²) in [7, 11) is 0. The van der Waals surface area contributed by atoms with Gasteiger partial charge in [-0.3, -0.25) is 15.1 Å². The minimum atomic E-state index is -0.241. The van der Waals surface area contributed by atoms with E-state index in [1.165, 1.54) is 16.9 Å². The maximum atomic E-state index is 12.0. The summed E-state index contributed by atoms with van der Waals surface area (Å²) in [6, 6.07) is 11.4. The molecule has 0 saturated heterocycles. The van der Waals surface area contributed by atoms with Gasteiger partial charge in [0.15, 0.2) is 11.7 Å². The molecule has 0 radical (unpaired) electrons. The second-order valence-electron chi connectivity index (χ2n) is 5.34. The van der Waals surface area contributed by atoms with Gasteiger partial charge in [0.05, 0.1) is 5.69 Å². The lowest BCUT2D eigenvalue weighted by Crippen LogP contribution is -2.20. The predicted octanol–water partition coefficient (Wildman–Crippen LogP) is 3.84. The lowest BCUT2D eigenvalue weighted by molar-refractivity contribution is -0.118. The van der Waals surface area contributed by atoms with Gasteiger partial charge in [-0.05, 0) is 49.2 Å². The van der Waals surface area contributed by atoms with Crippen LogP contribution in [0.25, 0.3) is 11.4 Å². The number of nitrogens with zero attached hydrogens (tertiary/aromatic N) is 2. The molecule has 0 spiro atoms. The summed E-state index contributed by atoms with van der Waals surface area (Å²) in [6.07, 6.45) is 1.71. The maximum Gasteiger partial charge on any atom is 0.264 e. The van der Waals surface area contributed by atoms with E-state index < -0.39 is 0 Å². The number of nitrogens with one attached hydrogen (secondary N) is 1. The van der Waals surface area contributed by atoms with E-state index >= 15 is 0 Å². The van der Waals surface area contributed by atoms with E-state index in [1.54, 1.807) is 6.20 Å². The van der Waals surface area contributed by atoms with Gasteiger partial charge in [-0.1, -0.05) is 12.1 Å². The van der Waals surface area contributed by atoms with Gasteiger partial charge in [-0.25, -0.2) is 4.98 Å². The third-order valence-corrected chi connectivity index (χ3v) is 4.28. The second kappa shape index (κ2) is 7.23. The van der Waals surface area contributed by atoms with Crippen LogP contribution in [0.3, 0.4) is 0 Å². The summed E-state index contributed by atoms with van der Waals surface area (Å²) in [5.41, 5.74) is 3.84. The molecule has 0 atom stereocenters. The largest absolute Gasteiger partial charge is 0.484 e. The van der Waals surface area contributed by atoms with Crippen LogP contribution in [-0.2, 0) is 4.79 Å². The molecule has 24 heavy (non-hydrogen) atoms. The van der Waals surface area contributed by atoms with Crippen LogP contribution in [0.4, 0.5) is 5.13 Å². The number of thiazole rings is 1. The van der Waals surface area contributed by atoms with Crippen molar-refractivity contribution in [1.29, 1.82) is 0 Å². The number of carbonyl (C=O) groups is 1. The number of anilines is 1. The molecule has 0 saturated carbocycles. The molecule has 6 heteroatoms. The monoisotopic (exact) mass is 339 g/mol. The number of aromatic nitrogens is 2. The highest BCUT2D eigenvalue weighted by molar-refractivity contribution is 7.14. The first-order chi connectivity index (χ1) is 11.6. The highest BCUT2D eigenvalue weighted by Crippen LogP contribution is 2.23. The van der Waals surface area contributed by atoms with E-state index in [9.17, 15) is 4.79 Å². The van der Waals surface area contributed by atoms with Crippen LogP contribution in [0.1, 0.15) is 11.1 Å². The molecule has 0 aliphatic rings. The van der Waals surface area contributed by atoms with Gasteiger partial charge in [0.2, 0.25) is 0 Å². The SMILES string of the molecule is Cc1ccc(OCC(=O)Nc2nc(-c3ccccn3)cs2)cc1C. The van der Waals surface area contributed by atoms with E-state index in [0.717, 1.165) is 17.0 Å². The van der Waals surface area contributed by atoms with E-state index in [1.807, 2.05) is 55.6 Å². The lowest BCUT2D eigenvalue weighted by Gasteiger charge is -2.07. The van der Waals surface area contributed by atoms with Gasteiger partial charge in [0.25, 0.3) is 5.91 Å². The average molecular weight is 339 g/mol. The summed E-state index contributed by atoms with van der Waals surface area (Å²) in [6.45, 7) is 3.99. The molecule has 0 fully saturated rings. The number of amides is 1. The van der Waals surface area contributed by atoms with Crippen molar-refractivity contribution < 1.29 is 9.53 Å². The van der Waals surface area contributed by atoms with Crippen molar-refractivity contribution in [2.45, 2.75) is 13.8 Å². The van der Waals surface area contributed by atoms with E-state index in [4.69, 9.17) is 4.74 Å². The Morgan fingerprint density at radius 1 is 1.17 bits per heavy atom. The van der Waals surface area contributed by atoms with Crippen molar-refractivity contribution in [3.63, 3.8) is 0 Å². The van der Waals surface area contributed by atoms with Crippen LogP contribution in [0.15, 0.2) is 48.0 Å². The van der Waals surface area contributed by atoms with Crippen LogP contribution >= 0.6 is 11.3 Å². The molecular formula is C18H17N3O2S. The Balaban J connectivity index is 1.57. The quantitative estimate of drug-likeness (QED) is 0.767. The molecule has 3 aromatic rings. The Bertz CT molecular complexity index is 846. The molecule has 0 aliphatic carbocycles. The number of rotatable bonds is 5. The Hall–Kier alpha value is -2.73. The molecular weight excluding hydrogens is 322 g/mol. The number of hydrogen-bond donors (Lipinski definition) is 1. The summed E-state index contributed by atoms with van der Waals surface area (Å²) in [5.74, 6) is 0.441. The van der Waals surface area contributed by atoms with Crippen LogP contribution in [0.2, 0.25) is 0 Å². The molecule has 0 unspecified atom stereocenters. The molecule has 0 aliphatic heterocycles. The van der Waals surface area contributed by atoms with Crippen molar-refractivity contribution in [2.24, 2.45) is 0 Å². The first kappa shape index (κ1) is 16.1. The Labute approximate surface area is 144 Å². The van der Waals surface area contributed by atoms with Crippen molar-refractivity contribution >= 4 is 22.4 Å². The minimum Gasteiger partial charge on any atom is -0.484 e. The van der Waals surface area contributed by atoms with Crippen molar-refractivity contribution in [3.05, 3.63) is 59.1 Å². The first-order valence-electron chi connectivity index (χ1n) is 7.48. The van der Waals surface area contributed by atoms with Crippen LogP contribution in [0.5, 0.6) is 5.75 Å². The number of pyridine rings is 1. The Morgan fingerprint density at radius 2 is 2.04 bits per heavy atom. The molecule has 1 aromatic carbocycles. The normalized spacial score (nSPS) is 10.4. The highest BCUT2D eigenvalue weighted by Gasteiger charge is 2.09. The van der Waals surface area contributed by atoms with E-state index in [0.29, 0.717) is 10.9 Å². The van der Waals surface area contributed by atoms with Gasteiger partial charge in [-0.15, -0.1) is 11.3 Å². The fourth-order valence-electron chi connectivity index (χ4n) is 2.07. The van der Waals surface area contributed by atoms with Gasteiger partial charge in [-0.2, -0.15) is 0 Å². The van der Waals surface area contributed by atoms with Gasteiger partial charge >= 0.3 is 0 Å². The second-order valence-corrected chi connectivity index (χ2v) is 6.19. The summed E-state index contributed by atoms with van der Waals surface area (Å²) >= 11 is 1.36. The van der Waals surface area contributed by atoms with Crippen LogP contribution in [0, 0.1) is 13.8 Å². The average Bonchev–Trinajstić information content (AvgIpc) is 3.05. The summed E-state index contributed by atoms with van der Waals surface area (Å²) in [5, 5.41) is 5.14. The van der Waals surface area contributed by atoms with Crippen molar-refractivity contribution in [1.82, 2.24) is 9.97 Å². The number of aryl methyl sites for hydroxylation is 2. The van der Waals surface area contributed by atoms with Gasteiger partial charge in [0.1, 0.15) is 11.4 Å². The molecule has 0 bridgehead atoms. The molecule has 1 amide bonds. The fraction of sp³-hybridized carbons (Fsp3) is 0.167. The molecule has 3 rings (SSSR count). The lowest BCUT2D eigenvalue weighted by atomic mass is 10.1. The zero-order valence-corrected chi connectivity index (χ0v) is 14.3. The smallest absolute Gasteiger partial charge is 0.264 e.